The number of ketones is 1. The fraction of sp³-hybridized carbons (Fsp3) is 0.316. The van der Waals surface area contributed by atoms with E-state index in [-0.39, 0.29) is 17.4 Å². The van der Waals surface area contributed by atoms with E-state index in [4.69, 9.17) is 0 Å². The normalized spacial score (nSPS) is 12.9. The monoisotopic (exact) mass is 281 g/mol. The van der Waals surface area contributed by atoms with Crippen LogP contribution in [0.4, 0.5) is 0 Å². The zero-order valence-corrected chi connectivity index (χ0v) is 13.0. The van der Waals surface area contributed by atoms with E-state index in [0.717, 1.165) is 12.0 Å². The van der Waals surface area contributed by atoms with Crippen molar-refractivity contribution in [3.05, 3.63) is 71.8 Å². The fourth-order valence-electron chi connectivity index (χ4n) is 2.66. The first-order valence-electron chi connectivity index (χ1n) is 7.39. The summed E-state index contributed by atoms with van der Waals surface area (Å²) >= 11 is 0. The first kappa shape index (κ1) is 15.5. The Bertz CT molecular complexity index is 575. The van der Waals surface area contributed by atoms with Gasteiger partial charge in [-0.25, -0.2) is 0 Å². The first-order valence-corrected chi connectivity index (χ1v) is 7.39. The zero-order valence-electron chi connectivity index (χ0n) is 13.0. The van der Waals surface area contributed by atoms with Crippen molar-refractivity contribution in [1.29, 1.82) is 0 Å². The number of carbonyl (C=O) groups excluding carboxylic acids is 1. The highest BCUT2D eigenvalue weighted by atomic mass is 16.1. The molecule has 2 heteroatoms. The average Bonchev–Trinajstić information content (AvgIpc) is 2.47. The van der Waals surface area contributed by atoms with E-state index >= 15 is 0 Å². The second kappa shape index (κ2) is 6.68. The molecule has 2 aromatic carbocycles. The van der Waals surface area contributed by atoms with Crippen LogP contribution in [0.15, 0.2) is 60.7 Å². The van der Waals surface area contributed by atoms with Crippen LogP contribution >= 0.6 is 0 Å². The van der Waals surface area contributed by atoms with E-state index in [9.17, 15) is 4.79 Å². The predicted molar refractivity (Wildman–Crippen MR) is 87.6 cm³/mol. The molecule has 0 aromatic heterocycles. The fourth-order valence-corrected chi connectivity index (χ4v) is 2.66. The number of hydrogen-bond acceptors (Lipinski definition) is 2. The maximum Gasteiger partial charge on any atom is 0.179 e. The average molecular weight is 281 g/mol. The van der Waals surface area contributed by atoms with Gasteiger partial charge in [0.05, 0.1) is 6.04 Å². The maximum absolute atomic E-state index is 12.4. The molecule has 0 fully saturated rings. The van der Waals surface area contributed by atoms with Crippen LogP contribution < -0.4 is 5.32 Å². The van der Waals surface area contributed by atoms with E-state index in [2.05, 4.69) is 31.3 Å². The number of Topliss-reactive ketones (excluding diaryl/α,β-unsaturated/α-hetero) is 1. The van der Waals surface area contributed by atoms with Crippen molar-refractivity contribution < 1.29 is 4.79 Å². The quantitative estimate of drug-likeness (QED) is 0.814. The summed E-state index contributed by atoms with van der Waals surface area (Å²) in [5.74, 6) is 0.136. The van der Waals surface area contributed by atoms with Crippen LogP contribution in [0.3, 0.4) is 0 Å². The Morgan fingerprint density at radius 1 is 1.00 bits per heavy atom. The molecule has 0 bridgehead atoms. The van der Waals surface area contributed by atoms with Crippen LogP contribution in [0.25, 0.3) is 0 Å². The Morgan fingerprint density at radius 2 is 1.52 bits per heavy atom. The molecule has 2 nitrogen and oxygen atoms in total. The molecule has 21 heavy (non-hydrogen) atoms. The molecular weight excluding hydrogens is 258 g/mol. The van der Waals surface area contributed by atoms with Gasteiger partial charge >= 0.3 is 0 Å². The number of rotatable bonds is 6. The molecule has 0 amide bonds. The minimum Gasteiger partial charge on any atom is -0.302 e. The lowest BCUT2D eigenvalue weighted by Gasteiger charge is -2.30. The van der Waals surface area contributed by atoms with E-state index < -0.39 is 0 Å². The van der Waals surface area contributed by atoms with Gasteiger partial charge < -0.3 is 5.32 Å². The van der Waals surface area contributed by atoms with Crippen molar-refractivity contribution in [2.75, 3.05) is 0 Å². The number of hydrogen-bond donors (Lipinski definition) is 1. The van der Waals surface area contributed by atoms with Crippen molar-refractivity contribution >= 4 is 5.78 Å². The van der Waals surface area contributed by atoms with Crippen molar-refractivity contribution in [2.45, 2.75) is 38.8 Å². The van der Waals surface area contributed by atoms with E-state index in [1.54, 1.807) is 0 Å². The van der Waals surface area contributed by atoms with Gasteiger partial charge in [-0.05, 0) is 32.8 Å². The summed E-state index contributed by atoms with van der Waals surface area (Å²) in [5.41, 5.74) is 1.90. The van der Waals surface area contributed by atoms with Crippen LogP contribution in [0, 0.1) is 0 Å². The molecule has 0 saturated heterocycles. The Balaban J connectivity index is 2.01. The van der Waals surface area contributed by atoms with Gasteiger partial charge in [-0.1, -0.05) is 60.7 Å². The van der Waals surface area contributed by atoms with Gasteiger partial charge in [-0.3, -0.25) is 4.79 Å². The SMILES string of the molecule is CC(NC(C)(C)Cc1ccccc1)C(=O)c1ccccc1. The van der Waals surface area contributed by atoms with Crippen LogP contribution in [0.2, 0.25) is 0 Å². The summed E-state index contributed by atoms with van der Waals surface area (Å²) in [6, 6.07) is 19.6. The second-order valence-corrected chi connectivity index (χ2v) is 6.14. The lowest BCUT2D eigenvalue weighted by atomic mass is 9.93. The van der Waals surface area contributed by atoms with Crippen LogP contribution in [-0.2, 0) is 6.42 Å². The molecule has 2 aromatic rings. The second-order valence-electron chi connectivity index (χ2n) is 6.14. The smallest absolute Gasteiger partial charge is 0.179 e. The molecule has 0 aliphatic carbocycles. The van der Waals surface area contributed by atoms with Gasteiger partial charge in [0, 0.05) is 11.1 Å². The Hall–Kier alpha value is -1.93. The molecule has 0 saturated carbocycles. The molecule has 0 aliphatic rings. The summed E-state index contributed by atoms with van der Waals surface area (Å²) in [5, 5.41) is 3.45. The third kappa shape index (κ3) is 4.54. The molecule has 1 atom stereocenters. The highest BCUT2D eigenvalue weighted by molar-refractivity contribution is 5.99. The maximum atomic E-state index is 12.4. The minimum absolute atomic E-state index is 0.134. The molecular formula is C19H23NO. The zero-order chi connectivity index (χ0) is 15.3. The summed E-state index contributed by atoms with van der Waals surface area (Å²) in [6.07, 6.45) is 0.889. The van der Waals surface area contributed by atoms with E-state index in [1.165, 1.54) is 5.56 Å². The third-order valence-electron chi connectivity index (χ3n) is 3.55. The van der Waals surface area contributed by atoms with Crippen LogP contribution in [-0.4, -0.2) is 17.4 Å². The molecule has 0 aliphatic heterocycles. The molecule has 1 N–H and O–H groups in total. The molecule has 0 radical (unpaired) electrons. The van der Waals surface area contributed by atoms with Crippen LogP contribution in [0.5, 0.6) is 0 Å². The standard InChI is InChI=1S/C19H23NO/c1-15(18(21)17-12-8-5-9-13-17)20-19(2,3)14-16-10-6-4-7-11-16/h4-13,15,20H,14H2,1-3H3. The number of carbonyl (C=O) groups is 1. The molecule has 2 rings (SSSR count). The summed E-state index contributed by atoms with van der Waals surface area (Å²) in [6.45, 7) is 6.20. The Kier molecular flexibility index (Phi) is 4.92. The van der Waals surface area contributed by atoms with E-state index in [1.807, 2.05) is 55.5 Å². The number of benzene rings is 2. The van der Waals surface area contributed by atoms with Crippen molar-refractivity contribution in [3.8, 4) is 0 Å². The molecule has 110 valence electrons. The summed E-state index contributed by atoms with van der Waals surface area (Å²) in [7, 11) is 0. The lowest BCUT2D eigenvalue weighted by molar-refractivity contribution is 0.0933. The van der Waals surface area contributed by atoms with Gasteiger partial charge in [0.1, 0.15) is 0 Å². The summed E-state index contributed by atoms with van der Waals surface area (Å²) < 4.78 is 0. The van der Waals surface area contributed by atoms with Gasteiger partial charge in [-0.2, -0.15) is 0 Å². The predicted octanol–water partition coefficient (Wildman–Crippen LogP) is 3.87. The van der Waals surface area contributed by atoms with Gasteiger partial charge in [0.25, 0.3) is 0 Å². The molecule has 1 unspecified atom stereocenters. The third-order valence-corrected chi connectivity index (χ3v) is 3.55. The van der Waals surface area contributed by atoms with E-state index in [0.29, 0.717) is 0 Å². The van der Waals surface area contributed by atoms with Gasteiger partial charge in [-0.15, -0.1) is 0 Å². The van der Waals surface area contributed by atoms with Crippen molar-refractivity contribution in [1.82, 2.24) is 5.32 Å². The number of nitrogens with one attached hydrogen (secondary N) is 1. The topological polar surface area (TPSA) is 29.1 Å². The van der Waals surface area contributed by atoms with Crippen molar-refractivity contribution in [2.24, 2.45) is 0 Å². The van der Waals surface area contributed by atoms with Crippen LogP contribution in [0.1, 0.15) is 36.7 Å². The highest BCUT2D eigenvalue weighted by Gasteiger charge is 2.24. The van der Waals surface area contributed by atoms with Crippen molar-refractivity contribution in [3.63, 3.8) is 0 Å². The molecule has 0 heterocycles. The Labute approximate surface area is 127 Å². The lowest BCUT2D eigenvalue weighted by Crippen LogP contribution is -2.49. The van der Waals surface area contributed by atoms with Gasteiger partial charge in [0.2, 0.25) is 0 Å². The first-order chi connectivity index (χ1) is 9.98. The Morgan fingerprint density at radius 3 is 2.10 bits per heavy atom. The minimum atomic E-state index is -0.203. The van der Waals surface area contributed by atoms with Gasteiger partial charge in [0.15, 0.2) is 5.78 Å². The summed E-state index contributed by atoms with van der Waals surface area (Å²) in [4.78, 5) is 12.4. The molecule has 0 spiro atoms. The highest BCUT2D eigenvalue weighted by Crippen LogP contribution is 2.14. The largest absolute Gasteiger partial charge is 0.302 e.